The summed E-state index contributed by atoms with van der Waals surface area (Å²) < 4.78 is 10.4. The molecular weight excluding hydrogens is 378 g/mol. The first-order valence-corrected chi connectivity index (χ1v) is 9.02. The largest absolute Gasteiger partial charge is 0.480 e. The lowest BCUT2D eigenvalue weighted by atomic mass is 10.0. The van der Waals surface area contributed by atoms with Crippen LogP contribution in [0.15, 0.2) is 35.1 Å². The normalized spacial score (nSPS) is 15.9. The van der Waals surface area contributed by atoms with E-state index in [9.17, 15) is 9.59 Å². The summed E-state index contributed by atoms with van der Waals surface area (Å²) in [7, 11) is 0. The summed E-state index contributed by atoms with van der Waals surface area (Å²) in [6.07, 6.45) is 1.97. The van der Waals surface area contributed by atoms with Gasteiger partial charge in [0.15, 0.2) is 0 Å². The number of carboxylic acid groups (broad SMARTS) is 1. The highest BCUT2D eigenvalue weighted by Crippen LogP contribution is 2.32. The van der Waals surface area contributed by atoms with Crippen molar-refractivity contribution in [3.8, 4) is 11.4 Å². The highest BCUT2D eigenvalue weighted by atomic mass is 16.5. The van der Waals surface area contributed by atoms with Crippen LogP contribution in [-0.2, 0) is 27.3 Å². The summed E-state index contributed by atoms with van der Waals surface area (Å²) in [5.74, 6) is -0.779. The summed E-state index contributed by atoms with van der Waals surface area (Å²) in [6.45, 7) is 1.35. The summed E-state index contributed by atoms with van der Waals surface area (Å²) in [5, 5.41) is 12.8. The molecule has 2 N–H and O–H groups in total. The SMILES string of the molecule is Cc1ccc(-c2noc([C@@H]3Cc4nc[nH]c4CN3C(=O)COCC(=O)O)n2)cc1. The van der Waals surface area contributed by atoms with E-state index in [-0.39, 0.29) is 19.1 Å². The van der Waals surface area contributed by atoms with E-state index < -0.39 is 18.6 Å². The van der Waals surface area contributed by atoms with Gasteiger partial charge in [-0.1, -0.05) is 35.0 Å². The maximum atomic E-state index is 12.7. The lowest BCUT2D eigenvalue weighted by molar-refractivity contribution is -0.147. The molecule has 0 fully saturated rings. The molecule has 0 unspecified atom stereocenters. The number of aromatic amines is 1. The molecule has 1 atom stereocenters. The molecule has 1 aliphatic rings. The van der Waals surface area contributed by atoms with Gasteiger partial charge in [0.25, 0.3) is 0 Å². The average Bonchev–Trinajstić information content (AvgIpc) is 3.36. The molecule has 3 aromatic rings. The predicted octanol–water partition coefficient (Wildman–Crippen LogP) is 1.50. The smallest absolute Gasteiger partial charge is 0.329 e. The number of fused-ring (bicyclic) bond motifs is 1. The minimum absolute atomic E-state index is 0.261. The number of aliphatic carboxylic acids is 1. The second-order valence-corrected chi connectivity index (χ2v) is 6.78. The standard InChI is InChI=1S/C19H19N5O5/c1-11-2-4-12(5-3-11)18-22-19(29-23-18)15-6-13-14(21-10-20-13)7-24(15)16(25)8-28-9-17(26)27/h2-5,10,15H,6-9H2,1H3,(H,20,21)(H,26,27)/t15-/m0/s1. The number of aromatic nitrogens is 4. The summed E-state index contributed by atoms with van der Waals surface area (Å²) in [6, 6.07) is 7.20. The zero-order valence-corrected chi connectivity index (χ0v) is 15.7. The number of amides is 1. The van der Waals surface area contributed by atoms with Crippen molar-refractivity contribution in [1.82, 2.24) is 25.0 Å². The Morgan fingerprint density at radius 1 is 1.31 bits per heavy atom. The molecule has 4 rings (SSSR count). The number of nitrogens with one attached hydrogen (secondary N) is 1. The van der Waals surface area contributed by atoms with Crippen LogP contribution in [0.3, 0.4) is 0 Å². The number of H-pyrrole nitrogens is 1. The second kappa shape index (κ2) is 7.84. The predicted molar refractivity (Wildman–Crippen MR) is 98.5 cm³/mol. The number of carboxylic acids is 1. The molecule has 0 bridgehead atoms. The Balaban J connectivity index is 1.58. The highest BCUT2D eigenvalue weighted by molar-refractivity contribution is 5.78. The third-order valence-corrected chi connectivity index (χ3v) is 4.71. The number of carbonyl (C=O) groups is 2. The zero-order valence-electron chi connectivity index (χ0n) is 15.7. The molecule has 29 heavy (non-hydrogen) atoms. The maximum Gasteiger partial charge on any atom is 0.329 e. The van der Waals surface area contributed by atoms with Crippen molar-refractivity contribution in [1.29, 1.82) is 0 Å². The van der Waals surface area contributed by atoms with Crippen molar-refractivity contribution in [2.24, 2.45) is 0 Å². The van der Waals surface area contributed by atoms with Gasteiger partial charge in [0.2, 0.25) is 17.6 Å². The highest BCUT2D eigenvalue weighted by Gasteiger charge is 2.36. The van der Waals surface area contributed by atoms with Crippen LogP contribution in [0.4, 0.5) is 0 Å². The van der Waals surface area contributed by atoms with E-state index in [1.807, 2.05) is 31.2 Å². The molecule has 0 aliphatic carbocycles. The van der Waals surface area contributed by atoms with Gasteiger partial charge in [-0.2, -0.15) is 4.98 Å². The van der Waals surface area contributed by atoms with E-state index in [2.05, 4.69) is 20.1 Å². The van der Waals surface area contributed by atoms with Crippen molar-refractivity contribution < 1.29 is 24.0 Å². The fraction of sp³-hybridized carbons (Fsp3) is 0.316. The molecule has 0 saturated carbocycles. The number of rotatable bonds is 6. The lowest BCUT2D eigenvalue weighted by Crippen LogP contribution is -2.41. The van der Waals surface area contributed by atoms with E-state index in [0.29, 0.717) is 18.1 Å². The van der Waals surface area contributed by atoms with Crippen LogP contribution < -0.4 is 0 Å². The number of carbonyl (C=O) groups excluding carboxylic acids is 1. The van der Waals surface area contributed by atoms with Crippen molar-refractivity contribution in [3.63, 3.8) is 0 Å². The number of ether oxygens (including phenoxy) is 1. The first kappa shape index (κ1) is 18.8. The van der Waals surface area contributed by atoms with Gasteiger partial charge in [0.1, 0.15) is 19.3 Å². The van der Waals surface area contributed by atoms with Crippen molar-refractivity contribution in [2.45, 2.75) is 25.9 Å². The molecule has 2 aromatic heterocycles. The Labute approximate surface area is 165 Å². The van der Waals surface area contributed by atoms with Crippen LogP contribution in [-0.4, -0.2) is 55.2 Å². The van der Waals surface area contributed by atoms with Crippen molar-refractivity contribution in [3.05, 3.63) is 53.4 Å². The second-order valence-electron chi connectivity index (χ2n) is 6.78. The van der Waals surface area contributed by atoms with Gasteiger partial charge in [-0.05, 0) is 6.92 Å². The van der Waals surface area contributed by atoms with Gasteiger partial charge >= 0.3 is 5.97 Å². The number of hydrogen-bond acceptors (Lipinski definition) is 7. The topological polar surface area (TPSA) is 134 Å². The average molecular weight is 397 g/mol. The minimum atomic E-state index is -1.14. The number of imidazole rings is 1. The van der Waals surface area contributed by atoms with Crippen LogP contribution >= 0.6 is 0 Å². The number of nitrogens with zero attached hydrogens (tertiary/aromatic N) is 4. The molecule has 10 nitrogen and oxygen atoms in total. The first-order valence-electron chi connectivity index (χ1n) is 9.02. The minimum Gasteiger partial charge on any atom is -0.480 e. The van der Waals surface area contributed by atoms with E-state index >= 15 is 0 Å². The Hall–Kier alpha value is -3.53. The van der Waals surface area contributed by atoms with Gasteiger partial charge in [-0.3, -0.25) is 4.79 Å². The first-order chi connectivity index (χ1) is 14.0. The molecule has 1 amide bonds. The third-order valence-electron chi connectivity index (χ3n) is 4.71. The Kier molecular flexibility index (Phi) is 5.09. The molecule has 1 aromatic carbocycles. The van der Waals surface area contributed by atoms with Crippen LogP contribution in [0.1, 0.15) is 28.9 Å². The Morgan fingerprint density at radius 3 is 2.86 bits per heavy atom. The summed E-state index contributed by atoms with van der Waals surface area (Å²) in [5.41, 5.74) is 3.56. The van der Waals surface area contributed by atoms with E-state index in [1.165, 1.54) is 4.90 Å². The Morgan fingerprint density at radius 2 is 2.10 bits per heavy atom. The molecule has 0 saturated heterocycles. The maximum absolute atomic E-state index is 12.7. The van der Waals surface area contributed by atoms with Crippen LogP contribution in [0.25, 0.3) is 11.4 Å². The molecule has 10 heteroatoms. The van der Waals surface area contributed by atoms with Crippen molar-refractivity contribution >= 4 is 11.9 Å². The van der Waals surface area contributed by atoms with Crippen molar-refractivity contribution in [2.75, 3.05) is 13.2 Å². The Bertz CT molecular complexity index is 1030. The summed E-state index contributed by atoms with van der Waals surface area (Å²) in [4.78, 5) is 36.7. The van der Waals surface area contributed by atoms with E-state index in [0.717, 1.165) is 22.5 Å². The van der Waals surface area contributed by atoms with Crippen LogP contribution in [0, 0.1) is 6.92 Å². The van der Waals surface area contributed by atoms with Gasteiger partial charge in [-0.25, -0.2) is 9.78 Å². The molecule has 150 valence electrons. The number of aryl methyl sites for hydroxylation is 1. The fourth-order valence-corrected chi connectivity index (χ4v) is 3.22. The molecular formula is C19H19N5O5. The molecule has 3 heterocycles. The van der Waals surface area contributed by atoms with Gasteiger partial charge in [0.05, 0.1) is 24.3 Å². The zero-order chi connectivity index (χ0) is 20.4. The number of hydrogen-bond donors (Lipinski definition) is 2. The lowest BCUT2D eigenvalue weighted by Gasteiger charge is -2.32. The monoisotopic (exact) mass is 397 g/mol. The summed E-state index contributed by atoms with van der Waals surface area (Å²) >= 11 is 0. The fourth-order valence-electron chi connectivity index (χ4n) is 3.22. The quantitative estimate of drug-likeness (QED) is 0.639. The molecule has 1 aliphatic heterocycles. The van der Waals surface area contributed by atoms with Crippen LogP contribution in [0.2, 0.25) is 0 Å². The number of benzene rings is 1. The third kappa shape index (κ3) is 4.02. The van der Waals surface area contributed by atoms with Gasteiger partial charge in [0, 0.05) is 12.0 Å². The molecule has 0 spiro atoms. The van der Waals surface area contributed by atoms with E-state index in [1.54, 1.807) is 6.33 Å². The van der Waals surface area contributed by atoms with Gasteiger partial charge in [-0.15, -0.1) is 0 Å². The van der Waals surface area contributed by atoms with Crippen LogP contribution in [0.5, 0.6) is 0 Å². The van der Waals surface area contributed by atoms with Gasteiger partial charge < -0.3 is 24.3 Å². The van der Waals surface area contributed by atoms with E-state index in [4.69, 9.17) is 14.4 Å². The molecule has 0 radical (unpaired) electrons.